The first-order valence-electron chi connectivity index (χ1n) is 4.44. The van der Waals surface area contributed by atoms with Crippen LogP contribution in [0.15, 0.2) is 0 Å². The van der Waals surface area contributed by atoms with Crippen LogP contribution in [0.3, 0.4) is 0 Å². The maximum Gasteiger partial charge on any atom is 0.335 e. The Morgan fingerprint density at radius 2 is 1.47 bits per heavy atom. The van der Waals surface area contributed by atoms with Crippen LogP contribution in [-0.4, -0.2) is 71.7 Å². The van der Waals surface area contributed by atoms with Gasteiger partial charge in [-0.3, -0.25) is 23.7 Å². The molecule has 0 aromatic carbocycles. The van der Waals surface area contributed by atoms with Gasteiger partial charge in [-0.1, -0.05) is 0 Å². The summed E-state index contributed by atoms with van der Waals surface area (Å²) in [6, 6.07) is 0. The first-order chi connectivity index (χ1) is 8.04. The summed E-state index contributed by atoms with van der Waals surface area (Å²) < 4.78 is 38.3. The maximum atomic E-state index is 11.1. The van der Waals surface area contributed by atoms with Gasteiger partial charge in [0.1, 0.15) is 0 Å². The van der Waals surface area contributed by atoms with Crippen molar-refractivity contribution in [3.63, 3.8) is 0 Å². The second kappa shape index (κ2) is 8.38. The fourth-order valence-electron chi connectivity index (χ4n) is 0.871. The molecule has 11 heteroatoms. The van der Waals surface area contributed by atoms with Gasteiger partial charge in [-0.25, -0.2) is 0 Å². The molecule has 103 valence electrons. The second-order valence-corrected chi connectivity index (χ2v) is 4.69. The van der Waals surface area contributed by atoms with Crippen LogP contribution in [0.2, 0.25) is 0 Å². The van der Waals surface area contributed by atoms with E-state index in [-0.39, 0.29) is 29.6 Å². The predicted octanol–water partition coefficient (Wildman–Crippen LogP) is -1.57. The van der Waals surface area contributed by atoms with Gasteiger partial charge in [0, 0.05) is 43.4 Å². The van der Waals surface area contributed by atoms with Crippen LogP contribution in [-0.2, 0) is 38.8 Å². The summed E-state index contributed by atoms with van der Waals surface area (Å²) in [7, 11) is -4.98. The Morgan fingerprint density at radius 1 is 1.05 bits per heavy atom. The van der Waals surface area contributed by atoms with E-state index >= 15 is 0 Å². The molecular formula is C8H10NaO9S. The Morgan fingerprint density at radius 3 is 1.79 bits per heavy atom. The van der Waals surface area contributed by atoms with Gasteiger partial charge in [0.25, 0.3) is 10.1 Å². The molecule has 0 fully saturated rings. The van der Waals surface area contributed by atoms with Crippen molar-refractivity contribution in [2.24, 2.45) is 0 Å². The number of rotatable bonds is 4. The fourth-order valence-corrected chi connectivity index (χ4v) is 1.51. The van der Waals surface area contributed by atoms with Crippen molar-refractivity contribution in [1.82, 2.24) is 0 Å². The molecule has 0 aliphatic carbocycles. The van der Waals surface area contributed by atoms with Crippen molar-refractivity contribution >= 4 is 63.6 Å². The Labute approximate surface area is 130 Å². The second-order valence-electron chi connectivity index (χ2n) is 3.09. The third-order valence-corrected chi connectivity index (χ3v) is 2.55. The van der Waals surface area contributed by atoms with Crippen LogP contribution in [0.1, 0.15) is 20.3 Å². The minimum Gasteiger partial charge on any atom is -0.393 e. The van der Waals surface area contributed by atoms with Crippen molar-refractivity contribution in [2.45, 2.75) is 25.5 Å². The van der Waals surface area contributed by atoms with Gasteiger partial charge in [-0.2, -0.15) is 8.42 Å². The van der Waals surface area contributed by atoms with Gasteiger partial charge in [-0.05, 0) is 0 Å². The molecule has 0 saturated heterocycles. The number of carbonyl (C=O) groups is 4. The molecule has 1 unspecified atom stereocenters. The van der Waals surface area contributed by atoms with Gasteiger partial charge in [-0.15, -0.1) is 0 Å². The van der Waals surface area contributed by atoms with Crippen molar-refractivity contribution < 1.29 is 41.6 Å². The van der Waals surface area contributed by atoms with Crippen molar-refractivity contribution in [2.75, 3.05) is 0 Å². The molecule has 0 aromatic heterocycles. The molecule has 1 atom stereocenters. The minimum atomic E-state index is -4.98. The first-order valence-corrected chi connectivity index (χ1v) is 5.94. The summed E-state index contributed by atoms with van der Waals surface area (Å²) in [5.74, 6) is -5.13. The number of hydrogen-bond donors (Lipinski definition) is 1. The summed E-state index contributed by atoms with van der Waals surface area (Å²) in [5.41, 5.74) is 0. The van der Waals surface area contributed by atoms with Gasteiger partial charge < -0.3 is 9.47 Å². The van der Waals surface area contributed by atoms with Crippen molar-refractivity contribution in [3.05, 3.63) is 0 Å². The molecule has 0 aliphatic rings. The average Bonchev–Trinajstić information content (AvgIpc) is 2.09. The third-order valence-electron chi connectivity index (χ3n) is 1.48. The number of hydrogen-bond acceptors (Lipinski definition) is 8. The van der Waals surface area contributed by atoms with E-state index in [1.807, 2.05) is 0 Å². The molecule has 0 saturated carbocycles. The van der Waals surface area contributed by atoms with Gasteiger partial charge in [0.05, 0.1) is 6.42 Å². The Kier molecular flexibility index (Phi) is 9.04. The van der Waals surface area contributed by atoms with E-state index in [0.29, 0.717) is 0 Å². The van der Waals surface area contributed by atoms with E-state index in [2.05, 4.69) is 9.47 Å². The van der Waals surface area contributed by atoms with Crippen LogP contribution in [0.4, 0.5) is 0 Å². The van der Waals surface area contributed by atoms with Crippen LogP contribution < -0.4 is 0 Å². The van der Waals surface area contributed by atoms with E-state index in [1.165, 1.54) is 0 Å². The zero-order valence-electron chi connectivity index (χ0n) is 10.4. The summed E-state index contributed by atoms with van der Waals surface area (Å²) in [6.45, 7) is 1.71. The number of esters is 4. The van der Waals surface area contributed by atoms with Crippen molar-refractivity contribution in [1.29, 1.82) is 0 Å². The summed E-state index contributed by atoms with van der Waals surface area (Å²) >= 11 is 0. The van der Waals surface area contributed by atoms with E-state index in [4.69, 9.17) is 4.55 Å². The minimum absolute atomic E-state index is 0. The van der Waals surface area contributed by atoms with Gasteiger partial charge in [0.15, 0.2) is 5.25 Å². The Balaban J connectivity index is 0. The molecule has 1 radical (unpaired) electrons. The molecule has 0 spiro atoms. The number of ether oxygens (including phenoxy) is 2. The van der Waals surface area contributed by atoms with Crippen LogP contribution in [0.25, 0.3) is 0 Å². The maximum absolute atomic E-state index is 11.1. The zero-order valence-corrected chi connectivity index (χ0v) is 13.2. The smallest absolute Gasteiger partial charge is 0.335 e. The molecule has 19 heavy (non-hydrogen) atoms. The summed E-state index contributed by atoms with van der Waals surface area (Å²) in [5, 5.41) is -2.33. The standard InChI is InChI=1S/C8H10O9S.Na/c1-4(9)16-7(11)3-6(18(13,14)15)8(12)17-5(2)10;/h6H,3H2,1-2H3,(H,13,14,15);. The molecule has 0 bridgehead atoms. The summed E-state index contributed by atoms with van der Waals surface area (Å²) in [6.07, 6.45) is -1.15. The normalized spacial score (nSPS) is 11.7. The largest absolute Gasteiger partial charge is 0.393 e. The molecule has 1 N–H and O–H groups in total. The molecule has 0 aromatic rings. The Bertz CT molecular complexity index is 480. The van der Waals surface area contributed by atoms with E-state index < -0.39 is 45.7 Å². The monoisotopic (exact) mass is 305 g/mol. The predicted molar refractivity (Wildman–Crippen MR) is 59.3 cm³/mol. The van der Waals surface area contributed by atoms with E-state index in [0.717, 1.165) is 13.8 Å². The third kappa shape index (κ3) is 8.83. The molecule has 9 nitrogen and oxygen atoms in total. The molecule has 0 aliphatic heterocycles. The average molecular weight is 305 g/mol. The van der Waals surface area contributed by atoms with Crippen LogP contribution in [0.5, 0.6) is 0 Å². The molecular weight excluding hydrogens is 295 g/mol. The quantitative estimate of drug-likeness (QED) is 0.282. The van der Waals surface area contributed by atoms with Gasteiger partial charge in [0.2, 0.25) is 0 Å². The topological polar surface area (TPSA) is 141 Å². The molecule has 0 amide bonds. The first kappa shape index (κ1) is 20.5. The molecule has 0 heterocycles. The van der Waals surface area contributed by atoms with Crippen LogP contribution >= 0.6 is 0 Å². The zero-order chi connectivity index (χ0) is 14.5. The summed E-state index contributed by atoms with van der Waals surface area (Å²) in [4.78, 5) is 43.0. The van der Waals surface area contributed by atoms with Crippen LogP contribution in [0, 0.1) is 0 Å². The molecule has 0 rings (SSSR count). The Hall–Kier alpha value is -0.810. The SMILES string of the molecule is CC(=O)OC(=O)CC(C(=O)OC(C)=O)S(=O)(=O)O.[Na]. The van der Waals surface area contributed by atoms with Crippen molar-refractivity contribution in [3.8, 4) is 0 Å². The number of carbonyl (C=O) groups excluding carboxylic acids is 4. The van der Waals surface area contributed by atoms with E-state index in [9.17, 15) is 27.6 Å². The van der Waals surface area contributed by atoms with Gasteiger partial charge >= 0.3 is 23.9 Å². The fraction of sp³-hybridized carbons (Fsp3) is 0.500. The van der Waals surface area contributed by atoms with E-state index in [1.54, 1.807) is 0 Å².